The first kappa shape index (κ1) is 12.0. The summed E-state index contributed by atoms with van der Waals surface area (Å²) in [4.78, 5) is 0. The van der Waals surface area contributed by atoms with Crippen molar-refractivity contribution in [3.8, 4) is 0 Å². The molecule has 3 nitrogen and oxygen atoms in total. The quantitative estimate of drug-likeness (QED) is 0.717. The summed E-state index contributed by atoms with van der Waals surface area (Å²) in [5, 5.41) is 12.6. The molecular weight excluding hydrogens is 178 g/mol. The summed E-state index contributed by atoms with van der Waals surface area (Å²) in [6.45, 7) is 8.35. The Morgan fingerprint density at radius 2 is 2.21 bits per heavy atom. The molecule has 0 saturated carbocycles. The van der Waals surface area contributed by atoms with Gasteiger partial charge in [0.1, 0.15) is 0 Å². The summed E-state index contributed by atoms with van der Waals surface area (Å²) in [5.41, 5.74) is 0.105. The summed E-state index contributed by atoms with van der Waals surface area (Å²) in [7, 11) is 0. The Balaban J connectivity index is 2.26. The molecule has 14 heavy (non-hydrogen) atoms. The molecule has 2 unspecified atom stereocenters. The highest BCUT2D eigenvalue weighted by Gasteiger charge is 2.25. The van der Waals surface area contributed by atoms with Gasteiger partial charge in [-0.05, 0) is 18.3 Å². The Kier molecular flexibility index (Phi) is 4.35. The fourth-order valence-corrected chi connectivity index (χ4v) is 1.72. The van der Waals surface area contributed by atoms with Crippen LogP contribution < -0.4 is 5.32 Å². The highest BCUT2D eigenvalue weighted by Crippen LogP contribution is 2.19. The molecule has 0 aromatic heterocycles. The monoisotopic (exact) mass is 201 g/mol. The lowest BCUT2D eigenvalue weighted by Crippen LogP contribution is -2.45. The molecule has 1 fully saturated rings. The lowest BCUT2D eigenvalue weighted by Gasteiger charge is -2.30. The summed E-state index contributed by atoms with van der Waals surface area (Å²) in [6, 6.07) is 0.159. The highest BCUT2D eigenvalue weighted by atomic mass is 16.5. The lowest BCUT2D eigenvalue weighted by atomic mass is 9.87. The van der Waals surface area contributed by atoms with E-state index in [0.29, 0.717) is 6.10 Å². The second-order valence-electron chi connectivity index (χ2n) is 5.14. The van der Waals surface area contributed by atoms with Crippen LogP contribution in [-0.2, 0) is 4.74 Å². The molecule has 1 aliphatic heterocycles. The summed E-state index contributed by atoms with van der Waals surface area (Å²) in [5.74, 6) is 0. The van der Waals surface area contributed by atoms with Gasteiger partial charge in [-0.3, -0.25) is 0 Å². The maximum atomic E-state index is 9.23. The summed E-state index contributed by atoms with van der Waals surface area (Å²) >= 11 is 0. The van der Waals surface area contributed by atoms with Crippen LogP contribution >= 0.6 is 0 Å². The Bertz CT molecular complexity index is 159. The van der Waals surface area contributed by atoms with E-state index >= 15 is 0 Å². The van der Waals surface area contributed by atoms with Gasteiger partial charge in [0.25, 0.3) is 0 Å². The number of aliphatic hydroxyl groups is 1. The van der Waals surface area contributed by atoms with Gasteiger partial charge < -0.3 is 15.2 Å². The van der Waals surface area contributed by atoms with Gasteiger partial charge in [-0.2, -0.15) is 0 Å². The molecule has 0 aliphatic carbocycles. The first-order valence-corrected chi connectivity index (χ1v) is 5.50. The summed E-state index contributed by atoms with van der Waals surface area (Å²) < 4.78 is 5.52. The van der Waals surface area contributed by atoms with Crippen LogP contribution in [0, 0.1) is 5.41 Å². The van der Waals surface area contributed by atoms with Gasteiger partial charge in [0.15, 0.2) is 0 Å². The highest BCUT2D eigenvalue weighted by molar-refractivity contribution is 4.81. The Labute approximate surface area is 86.8 Å². The topological polar surface area (TPSA) is 41.5 Å². The molecule has 3 heteroatoms. The van der Waals surface area contributed by atoms with Crippen LogP contribution in [0.1, 0.15) is 33.6 Å². The first-order chi connectivity index (χ1) is 6.54. The number of aliphatic hydroxyl groups excluding tert-OH is 1. The maximum absolute atomic E-state index is 9.23. The van der Waals surface area contributed by atoms with E-state index in [0.717, 1.165) is 19.6 Å². The second kappa shape index (κ2) is 5.10. The standard InChI is InChI=1S/C11H23NO2/c1-11(2,3)10(8-13)12-7-9-5-4-6-14-9/h9-10,12-13H,4-8H2,1-3H3. The molecule has 1 aliphatic rings. The zero-order chi connectivity index (χ0) is 10.6. The average molecular weight is 201 g/mol. The summed E-state index contributed by atoms with van der Waals surface area (Å²) in [6.07, 6.45) is 2.67. The molecular formula is C11H23NO2. The Morgan fingerprint density at radius 1 is 1.50 bits per heavy atom. The van der Waals surface area contributed by atoms with Crippen molar-refractivity contribution in [3.63, 3.8) is 0 Å². The van der Waals surface area contributed by atoms with Crippen molar-refractivity contribution in [2.75, 3.05) is 19.8 Å². The van der Waals surface area contributed by atoms with Gasteiger partial charge in [0, 0.05) is 19.2 Å². The predicted octanol–water partition coefficient (Wildman–Crippen LogP) is 1.16. The van der Waals surface area contributed by atoms with Crippen molar-refractivity contribution in [2.24, 2.45) is 5.41 Å². The zero-order valence-corrected chi connectivity index (χ0v) is 9.55. The lowest BCUT2D eigenvalue weighted by molar-refractivity contribution is 0.0910. The third kappa shape index (κ3) is 3.56. The largest absolute Gasteiger partial charge is 0.395 e. The van der Waals surface area contributed by atoms with E-state index in [4.69, 9.17) is 4.74 Å². The van der Waals surface area contributed by atoms with Crippen LogP contribution in [0.5, 0.6) is 0 Å². The molecule has 0 radical (unpaired) electrons. The van der Waals surface area contributed by atoms with Crippen molar-refractivity contribution in [2.45, 2.75) is 45.8 Å². The molecule has 0 aromatic carbocycles. The molecule has 0 spiro atoms. The van der Waals surface area contributed by atoms with Crippen molar-refractivity contribution in [1.29, 1.82) is 0 Å². The fourth-order valence-electron chi connectivity index (χ4n) is 1.72. The van der Waals surface area contributed by atoms with E-state index < -0.39 is 0 Å². The van der Waals surface area contributed by atoms with Crippen molar-refractivity contribution >= 4 is 0 Å². The zero-order valence-electron chi connectivity index (χ0n) is 9.55. The van der Waals surface area contributed by atoms with E-state index in [-0.39, 0.29) is 18.1 Å². The van der Waals surface area contributed by atoms with Gasteiger partial charge in [-0.15, -0.1) is 0 Å². The van der Waals surface area contributed by atoms with E-state index in [1.165, 1.54) is 6.42 Å². The molecule has 2 atom stereocenters. The molecule has 0 aromatic rings. The van der Waals surface area contributed by atoms with E-state index in [2.05, 4.69) is 26.1 Å². The van der Waals surface area contributed by atoms with Crippen LogP contribution in [0.15, 0.2) is 0 Å². The third-order valence-corrected chi connectivity index (χ3v) is 2.84. The second-order valence-corrected chi connectivity index (χ2v) is 5.14. The number of hydrogen-bond acceptors (Lipinski definition) is 3. The van der Waals surface area contributed by atoms with Crippen molar-refractivity contribution in [1.82, 2.24) is 5.32 Å². The number of rotatable bonds is 4. The maximum Gasteiger partial charge on any atom is 0.0700 e. The molecule has 1 rings (SSSR count). The molecule has 1 saturated heterocycles. The molecule has 2 N–H and O–H groups in total. The minimum Gasteiger partial charge on any atom is -0.395 e. The minimum absolute atomic E-state index is 0.105. The molecule has 0 amide bonds. The van der Waals surface area contributed by atoms with Crippen molar-refractivity contribution in [3.05, 3.63) is 0 Å². The van der Waals surface area contributed by atoms with Crippen LogP contribution in [-0.4, -0.2) is 37.0 Å². The van der Waals surface area contributed by atoms with E-state index in [9.17, 15) is 5.11 Å². The van der Waals surface area contributed by atoms with Crippen LogP contribution in [0.2, 0.25) is 0 Å². The van der Waals surface area contributed by atoms with Crippen LogP contribution in [0.3, 0.4) is 0 Å². The Hall–Kier alpha value is -0.120. The van der Waals surface area contributed by atoms with Crippen LogP contribution in [0.25, 0.3) is 0 Å². The number of hydrogen-bond donors (Lipinski definition) is 2. The van der Waals surface area contributed by atoms with Crippen LogP contribution in [0.4, 0.5) is 0 Å². The first-order valence-electron chi connectivity index (χ1n) is 5.50. The fraction of sp³-hybridized carbons (Fsp3) is 1.00. The molecule has 84 valence electrons. The number of ether oxygens (including phenoxy) is 1. The van der Waals surface area contributed by atoms with Gasteiger partial charge >= 0.3 is 0 Å². The Morgan fingerprint density at radius 3 is 2.64 bits per heavy atom. The van der Waals surface area contributed by atoms with Gasteiger partial charge in [-0.1, -0.05) is 20.8 Å². The molecule has 0 bridgehead atoms. The van der Waals surface area contributed by atoms with E-state index in [1.807, 2.05) is 0 Å². The van der Waals surface area contributed by atoms with Crippen molar-refractivity contribution < 1.29 is 9.84 Å². The average Bonchev–Trinajstić information content (AvgIpc) is 2.55. The van der Waals surface area contributed by atoms with E-state index in [1.54, 1.807) is 0 Å². The normalized spacial score (nSPS) is 25.3. The SMILES string of the molecule is CC(C)(C)C(CO)NCC1CCCO1. The third-order valence-electron chi connectivity index (χ3n) is 2.84. The molecule has 1 heterocycles. The predicted molar refractivity (Wildman–Crippen MR) is 57.3 cm³/mol. The minimum atomic E-state index is 0.105. The van der Waals surface area contributed by atoms with Gasteiger partial charge in [-0.25, -0.2) is 0 Å². The van der Waals surface area contributed by atoms with Gasteiger partial charge in [0.05, 0.1) is 12.7 Å². The smallest absolute Gasteiger partial charge is 0.0700 e. The van der Waals surface area contributed by atoms with Gasteiger partial charge in [0.2, 0.25) is 0 Å². The number of nitrogens with one attached hydrogen (secondary N) is 1.